The van der Waals surface area contributed by atoms with Gasteiger partial charge in [-0.3, -0.25) is 0 Å². The Kier molecular flexibility index (Phi) is 3.59. The van der Waals surface area contributed by atoms with E-state index in [-0.39, 0.29) is 0 Å². The highest BCUT2D eigenvalue weighted by atomic mass is 15.3. The molecule has 2 heterocycles. The van der Waals surface area contributed by atoms with Crippen molar-refractivity contribution in [2.45, 2.75) is 45.7 Å². The second kappa shape index (κ2) is 4.95. The van der Waals surface area contributed by atoms with Crippen molar-refractivity contribution in [3.63, 3.8) is 0 Å². The first-order valence-electron chi connectivity index (χ1n) is 6.26. The van der Waals surface area contributed by atoms with Gasteiger partial charge in [0.25, 0.3) is 0 Å². The van der Waals surface area contributed by atoms with E-state index < -0.39 is 0 Å². The van der Waals surface area contributed by atoms with Gasteiger partial charge in [-0.25, -0.2) is 0 Å². The molecule has 1 aromatic rings. The fourth-order valence-electron chi connectivity index (χ4n) is 2.41. The summed E-state index contributed by atoms with van der Waals surface area (Å²) >= 11 is 0. The number of aromatic nitrogens is 3. The highest BCUT2D eigenvalue weighted by Gasteiger charge is 2.24. The van der Waals surface area contributed by atoms with Gasteiger partial charge in [0.15, 0.2) is 0 Å². The number of rotatable bonds is 3. The van der Waals surface area contributed by atoms with Crippen LogP contribution in [0.2, 0.25) is 0 Å². The van der Waals surface area contributed by atoms with Gasteiger partial charge >= 0.3 is 0 Å². The van der Waals surface area contributed by atoms with Crippen molar-refractivity contribution < 1.29 is 0 Å². The molecule has 0 N–H and O–H groups in total. The fraction of sp³-hybridized carbons (Fsp3) is 0.833. The lowest BCUT2D eigenvalue weighted by atomic mass is 9.98. The van der Waals surface area contributed by atoms with E-state index in [9.17, 15) is 0 Å². The Morgan fingerprint density at radius 3 is 2.12 bits per heavy atom. The largest absolute Gasteiger partial charge is 0.317 e. The molecule has 2 rings (SSSR count). The van der Waals surface area contributed by atoms with E-state index in [0.717, 1.165) is 5.92 Å². The summed E-state index contributed by atoms with van der Waals surface area (Å²) in [6.45, 7) is 9.33. The maximum absolute atomic E-state index is 3.88. The third-order valence-corrected chi connectivity index (χ3v) is 3.90. The van der Waals surface area contributed by atoms with Crippen molar-refractivity contribution >= 4 is 0 Å². The number of likely N-dealkylation sites (tertiary alicyclic amines) is 1. The molecule has 1 aromatic heterocycles. The lowest BCUT2D eigenvalue weighted by Crippen LogP contribution is -2.42. The van der Waals surface area contributed by atoms with E-state index in [1.807, 2.05) is 12.7 Å². The molecule has 0 radical (unpaired) electrons. The zero-order chi connectivity index (χ0) is 11.5. The molecule has 1 fully saturated rings. The maximum Gasteiger partial charge on any atom is 0.119 e. The van der Waals surface area contributed by atoms with Gasteiger partial charge in [0.05, 0.1) is 0 Å². The molecule has 1 saturated heterocycles. The van der Waals surface area contributed by atoms with E-state index in [1.54, 1.807) is 0 Å². The Balaban J connectivity index is 1.87. The Morgan fingerprint density at radius 1 is 1.06 bits per heavy atom. The second-order valence-corrected chi connectivity index (χ2v) is 5.16. The van der Waals surface area contributed by atoms with Crippen LogP contribution in [-0.4, -0.2) is 38.8 Å². The van der Waals surface area contributed by atoms with Gasteiger partial charge in [0.2, 0.25) is 0 Å². The summed E-state index contributed by atoms with van der Waals surface area (Å²) in [5, 5.41) is 7.76. The summed E-state index contributed by atoms with van der Waals surface area (Å²) in [4.78, 5) is 2.60. The lowest BCUT2D eigenvalue weighted by Gasteiger charge is -2.37. The SMILES string of the molecule is CC(C)C(C)N1CCC(n2cnnc2)CC1. The van der Waals surface area contributed by atoms with Crippen LogP contribution in [0.1, 0.15) is 39.7 Å². The van der Waals surface area contributed by atoms with Crippen LogP contribution in [0, 0.1) is 5.92 Å². The topological polar surface area (TPSA) is 34.0 Å². The second-order valence-electron chi connectivity index (χ2n) is 5.16. The summed E-state index contributed by atoms with van der Waals surface area (Å²) < 4.78 is 2.15. The van der Waals surface area contributed by atoms with Crippen molar-refractivity contribution in [1.29, 1.82) is 0 Å². The molecule has 0 spiro atoms. The lowest BCUT2D eigenvalue weighted by molar-refractivity contribution is 0.116. The minimum absolute atomic E-state index is 0.602. The molecular weight excluding hydrogens is 200 g/mol. The van der Waals surface area contributed by atoms with Gasteiger partial charge in [-0.15, -0.1) is 10.2 Å². The first-order chi connectivity index (χ1) is 7.68. The molecule has 1 atom stereocenters. The Morgan fingerprint density at radius 2 is 1.62 bits per heavy atom. The molecule has 1 aliphatic rings. The van der Waals surface area contributed by atoms with Crippen LogP contribution in [0.25, 0.3) is 0 Å². The quantitative estimate of drug-likeness (QED) is 0.784. The van der Waals surface area contributed by atoms with E-state index in [0.29, 0.717) is 12.1 Å². The van der Waals surface area contributed by atoms with E-state index in [2.05, 4.69) is 40.4 Å². The van der Waals surface area contributed by atoms with Crippen LogP contribution in [0.3, 0.4) is 0 Å². The molecule has 0 amide bonds. The number of hydrogen-bond donors (Lipinski definition) is 0. The van der Waals surface area contributed by atoms with Crippen LogP contribution in [0.15, 0.2) is 12.7 Å². The maximum atomic E-state index is 3.88. The summed E-state index contributed by atoms with van der Waals surface area (Å²) in [6, 6.07) is 1.30. The first kappa shape index (κ1) is 11.6. The van der Waals surface area contributed by atoms with Gasteiger partial charge in [0.1, 0.15) is 12.7 Å². The van der Waals surface area contributed by atoms with Gasteiger partial charge < -0.3 is 9.47 Å². The molecule has 0 aliphatic carbocycles. The van der Waals surface area contributed by atoms with E-state index in [4.69, 9.17) is 0 Å². The minimum atomic E-state index is 0.602. The van der Waals surface area contributed by atoms with Gasteiger partial charge in [-0.1, -0.05) is 13.8 Å². The molecule has 16 heavy (non-hydrogen) atoms. The molecule has 4 heteroatoms. The van der Waals surface area contributed by atoms with Crippen molar-refractivity contribution in [1.82, 2.24) is 19.7 Å². The smallest absolute Gasteiger partial charge is 0.119 e. The van der Waals surface area contributed by atoms with Crippen LogP contribution in [-0.2, 0) is 0 Å². The van der Waals surface area contributed by atoms with Crippen LogP contribution in [0.5, 0.6) is 0 Å². The highest BCUT2D eigenvalue weighted by molar-refractivity contribution is 4.82. The molecule has 0 aromatic carbocycles. The Hall–Kier alpha value is -0.900. The van der Waals surface area contributed by atoms with Crippen molar-refractivity contribution in [2.75, 3.05) is 13.1 Å². The monoisotopic (exact) mass is 222 g/mol. The molecule has 1 aliphatic heterocycles. The molecule has 1 unspecified atom stereocenters. The molecule has 0 saturated carbocycles. The van der Waals surface area contributed by atoms with Gasteiger partial charge in [-0.2, -0.15) is 0 Å². The van der Waals surface area contributed by atoms with Crippen LogP contribution in [0.4, 0.5) is 0 Å². The third-order valence-electron chi connectivity index (χ3n) is 3.90. The standard InChI is InChI=1S/C12H22N4/c1-10(2)11(3)15-6-4-12(5-7-15)16-8-13-14-9-16/h8-12H,4-7H2,1-3H3. The van der Waals surface area contributed by atoms with Crippen molar-refractivity contribution in [3.05, 3.63) is 12.7 Å². The average molecular weight is 222 g/mol. The van der Waals surface area contributed by atoms with Gasteiger partial charge in [-0.05, 0) is 25.7 Å². The summed E-state index contributed by atoms with van der Waals surface area (Å²) in [5.41, 5.74) is 0. The van der Waals surface area contributed by atoms with Crippen LogP contribution >= 0.6 is 0 Å². The normalized spacial score (nSPS) is 21.5. The number of nitrogens with zero attached hydrogens (tertiary/aromatic N) is 4. The molecular formula is C12H22N4. The predicted molar refractivity (Wildman–Crippen MR) is 64.2 cm³/mol. The van der Waals surface area contributed by atoms with Crippen LogP contribution < -0.4 is 0 Å². The third kappa shape index (κ3) is 2.43. The zero-order valence-electron chi connectivity index (χ0n) is 10.5. The molecule has 4 nitrogen and oxygen atoms in total. The summed E-state index contributed by atoms with van der Waals surface area (Å²) in [6.07, 6.45) is 6.11. The molecule has 0 bridgehead atoms. The minimum Gasteiger partial charge on any atom is -0.317 e. The van der Waals surface area contributed by atoms with E-state index >= 15 is 0 Å². The number of hydrogen-bond acceptors (Lipinski definition) is 3. The number of piperidine rings is 1. The average Bonchev–Trinajstić information content (AvgIpc) is 2.81. The van der Waals surface area contributed by atoms with Crippen molar-refractivity contribution in [2.24, 2.45) is 5.92 Å². The Labute approximate surface area is 97.7 Å². The van der Waals surface area contributed by atoms with E-state index in [1.165, 1.54) is 25.9 Å². The summed E-state index contributed by atoms with van der Waals surface area (Å²) in [7, 11) is 0. The predicted octanol–water partition coefficient (Wildman–Crippen LogP) is 1.96. The fourth-order valence-corrected chi connectivity index (χ4v) is 2.41. The highest BCUT2D eigenvalue weighted by Crippen LogP contribution is 2.24. The molecule has 90 valence electrons. The first-order valence-corrected chi connectivity index (χ1v) is 6.26. The van der Waals surface area contributed by atoms with Gasteiger partial charge in [0, 0.05) is 25.2 Å². The van der Waals surface area contributed by atoms with Crippen molar-refractivity contribution in [3.8, 4) is 0 Å². The Bertz CT molecular complexity index is 299. The summed E-state index contributed by atoms with van der Waals surface area (Å²) in [5.74, 6) is 0.742. The zero-order valence-corrected chi connectivity index (χ0v) is 10.5.